The lowest BCUT2D eigenvalue weighted by atomic mass is 9.95. The van der Waals surface area contributed by atoms with E-state index in [9.17, 15) is 18.0 Å². The van der Waals surface area contributed by atoms with E-state index in [-0.39, 0.29) is 11.8 Å². The molecule has 1 aromatic rings. The number of hydrogen-bond donors (Lipinski definition) is 2. The van der Waals surface area contributed by atoms with Crippen LogP contribution in [0.5, 0.6) is 5.75 Å². The summed E-state index contributed by atoms with van der Waals surface area (Å²) < 4.78 is 30.7. The number of nitrogens with one attached hydrogen (secondary N) is 2. The molecule has 9 heteroatoms. The van der Waals surface area contributed by atoms with Gasteiger partial charge in [0.15, 0.2) is 0 Å². The molecule has 148 valence electrons. The summed E-state index contributed by atoms with van der Waals surface area (Å²) in [7, 11) is -1.88. The Morgan fingerprint density at radius 2 is 1.85 bits per heavy atom. The Labute approximate surface area is 159 Å². The van der Waals surface area contributed by atoms with Crippen molar-refractivity contribution in [1.29, 1.82) is 0 Å². The summed E-state index contributed by atoms with van der Waals surface area (Å²) in [5, 5.41) is 5.31. The van der Waals surface area contributed by atoms with Gasteiger partial charge in [-0.15, -0.1) is 0 Å². The number of nitrogens with zero attached hydrogens (tertiary/aromatic N) is 1. The molecular formula is C18H25N3O5S. The fourth-order valence-corrected chi connectivity index (χ4v) is 5.10. The van der Waals surface area contributed by atoms with E-state index in [1.54, 1.807) is 18.2 Å². The first-order valence-electron chi connectivity index (χ1n) is 9.21. The Balaban J connectivity index is 1.69. The van der Waals surface area contributed by atoms with Crippen LogP contribution in [0, 0.1) is 0 Å². The van der Waals surface area contributed by atoms with Crippen LogP contribution in [-0.2, 0) is 19.6 Å². The molecule has 0 atom stereocenters. The van der Waals surface area contributed by atoms with Crippen molar-refractivity contribution >= 4 is 33.2 Å². The number of methoxy groups -OCH3 is 1. The molecule has 1 aliphatic heterocycles. The predicted molar refractivity (Wildman–Crippen MR) is 102 cm³/mol. The second-order valence-electron chi connectivity index (χ2n) is 6.89. The highest BCUT2D eigenvalue weighted by Crippen LogP contribution is 2.32. The first-order chi connectivity index (χ1) is 12.9. The number of carbonyl (C=O) groups is 2. The Hall–Kier alpha value is -2.29. The summed E-state index contributed by atoms with van der Waals surface area (Å²) in [6.07, 6.45) is 5.63. The van der Waals surface area contributed by atoms with E-state index in [1.807, 2.05) is 0 Å². The predicted octanol–water partition coefficient (Wildman–Crippen LogP) is 1.62. The maximum Gasteiger partial charge on any atom is 0.313 e. The number of sulfonamides is 1. The molecule has 2 fully saturated rings. The Morgan fingerprint density at radius 1 is 1.11 bits per heavy atom. The summed E-state index contributed by atoms with van der Waals surface area (Å²) in [5.74, 6) is -1.02. The quantitative estimate of drug-likeness (QED) is 0.754. The average Bonchev–Trinajstić information content (AvgIpc) is 3.02. The highest BCUT2D eigenvalue weighted by molar-refractivity contribution is 7.93. The summed E-state index contributed by atoms with van der Waals surface area (Å²) in [6.45, 7) is 0.418. The molecule has 0 unspecified atom stereocenters. The SMILES string of the molecule is COc1cc(N2CCCS2(=O)=O)ccc1NC(=O)C(=O)NC1CCCCC1. The van der Waals surface area contributed by atoms with Gasteiger partial charge in [0.1, 0.15) is 5.75 Å². The van der Waals surface area contributed by atoms with Crippen molar-refractivity contribution in [3.05, 3.63) is 18.2 Å². The van der Waals surface area contributed by atoms with Crippen molar-refractivity contribution in [3.63, 3.8) is 0 Å². The van der Waals surface area contributed by atoms with Gasteiger partial charge in [0.25, 0.3) is 0 Å². The standard InChI is InChI=1S/C18H25N3O5S/c1-26-16-12-14(21-10-5-11-27(21,24)25)8-9-15(16)20-18(23)17(22)19-13-6-3-2-4-7-13/h8-9,12-13H,2-7,10-11H2,1H3,(H,19,22)(H,20,23). The van der Waals surface area contributed by atoms with Crippen molar-refractivity contribution in [2.75, 3.05) is 29.0 Å². The first-order valence-corrected chi connectivity index (χ1v) is 10.8. The van der Waals surface area contributed by atoms with E-state index in [0.29, 0.717) is 30.1 Å². The summed E-state index contributed by atoms with van der Waals surface area (Å²) in [5.41, 5.74) is 0.802. The van der Waals surface area contributed by atoms with Crippen molar-refractivity contribution in [2.24, 2.45) is 0 Å². The number of ether oxygens (including phenoxy) is 1. The number of anilines is 2. The van der Waals surface area contributed by atoms with Gasteiger partial charge >= 0.3 is 11.8 Å². The molecule has 0 aromatic heterocycles. The first kappa shape index (κ1) is 19.5. The second kappa shape index (κ2) is 8.16. The summed E-state index contributed by atoms with van der Waals surface area (Å²) >= 11 is 0. The molecule has 3 rings (SSSR count). The molecule has 1 aromatic carbocycles. The number of hydrogen-bond acceptors (Lipinski definition) is 5. The largest absolute Gasteiger partial charge is 0.494 e. The van der Waals surface area contributed by atoms with Crippen LogP contribution < -0.4 is 19.7 Å². The van der Waals surface area contributed by atoms with Crippen molar-refractivity contribution < 1.29 is 22.7 Å². The fraction of sp³-hybridized carbons (Fsp3) is 0.556. The average molecular weight is 395 g/mol. The van der Waals surface area contributed by atoms with E-state index in [1.165, 1.54) is 11.4 Å². The van der Waals surface area contributed by atoms with E-state index < -0.39 is 21.8 Å². The van der Waals surface area contributed by atoms with Crippen LogP contribution in [0.1, 0.15) is 38.5 Å². The molecule has 2 N–H and O–H groups in total. The Bertz CT molecular complexity index is 818. The van der Waals surface area contributed by atoms with Gasteiger partial charge in [-0.05, 0) is 31.4 Å². The fourth-order valence-electron chi connectivity index (χ4n) is 3.54. The van der Waals surface area contributed by atoms with Crippen molar-refractivity contribution in [1.82, 2.24) is 5.32 Å². The monoisotopic (exact) mass is 395 g/mol. The van der Waals surface area contributed by atoms with E-state index in [0.717, 1.165) is 32.1 Å². The second-order valence-corrected chi connectivity index (χ2v) is 8.90. The van der Waals surface area contributed by atoms with Crippen molar-refractivity contribution in [3.8, 4) is 5.75 Å². The molecule has 1 saturated carbocycles. The number of carbonyl (C=O) groups excluding carboxylic acids is 2. The zero-order valence-corrected chi connectivity index (χ0v) is 16.2. The molecule has 0 bridgehead atoms. The third kappa shape index (κ3) is 4.52. The zero-order valence-electron chi connectivity index (χ0n) is 15.4. The van der Waals surface area contributed by atoms with Gasteiger partial charge in [0, 0.05) is 18.7 Å². The number of rotatable bonds is 4. The third-order valence-electron chi connectivity index (χ3n) is 4.97. The van der Waals surface area contributed by atoms with E-state index >= 15 is 0 Å². The minimum atomic E-state index is -3.30. The molecule has 1 saturated heterocycles. The Kier molecular flexibility index (Phi) is 5.88. The van der Waals surface area contributed by atoms with Crippen LogP contribution in [0.2, 0.25) is 0 Å². The molecular weight excluding hydrogens is 370 g/mol. The van der Waals surface area contributed by atoms with Crippen LogP contribution in [-0.4, -0.2) is 45.7 Å². The van der Waals surface area contributed by atoms with Crippen LogP contribution in [0.25, 0.3) is 0 Å². The maximum absolute atomic E-state index is 12.2. The molecule has 8 nitrogen and oxygen atoms in total. The van der Waals surface area contributed by atoms with Gasteiger partial charge < -0.3 is 15.4 Å². The normalized spacial score (nSPS) is 19.5. The van der Waals surface area contributed by atoms with Gasteiger partial charge in [-0.3, -0.25) is 13.9 Å². The highest BCUT2D eigenvalue weighted by atomic mass is 32.2. The summed E-state index contributed by atoms with van der Waals surface area (Å²) in [6, 6.07) is 4.74. The van der Waals surface area contributed by atoms with Gasteiger partial charge in [-0.2, -0.15) is 0 Å². The molecule has 1 aliphatic carbocycles. The van der Waals surface area contributed by atoms with Crippen LogP contribution in [0.15, 0.2) is 18.2 Å². The highest BCUT2D eigenvalue weighted by Gasteiger charge is 2.29. The van der Waals surface area contributed by atoms with Crippen LogP contribution in [0.3, 0.4) is 0 Å². The van der Waals surface area contributed by atoms with Crippen LogP contribution >= 0.6 is 0 Å². The lowest BCUT2D eigenvalue weighted by Gasteiger charge is -2.22. The maximum atomic E-state index is 12.2. The number of amides is 2. The summed E-state index contributed by atoms with van der Waals surface area (Å²) in [4.78, 5) is 24.3. The Morgan fingerprint density at radius 3 is 2.48 bits per heavy atom. The minimum absolute atomic E-state index is 0.0432. The van der Waals surface area contributed by atoms with Gasteiger partial charge in [0.05, 0.1) is 24.2 Å². The topological polar surface area (TPSA) is 105 Å². The van der Waals surface area contributed by atoms with Gasteiger partial charge in [0.2, 0.25) is 10.0 Å². The van der Waals surface area contributed by atoms with Crippen LogP contribution in [0.4, 0.5) is 11.4 Å². The molecule has 1 heterocycles. The number of benzene rings is 1. The van der Waals surface area contributed by atoms with Gasteiger partial charge in [-0.25, -0.2) is 8.42 Å². The third-order valence-corrected chi connectivity index (χ3v) is 6.84. The smallest absolute Gasteiger partial charge is 0.313 e. The molecule has 2 aliphatic rings. The minimum Gasteiger partial charge on any atom is -0.494 e. The molecule has 0 spiro atoms. The zero-order chi connectivity index (χ0) is 19.4. The van der Waals surface area contributed by atoms with Crippen molar-refractivity contribution in [2.45, 2.75) is 44.6 Å². The molecule has 2 amide bonds. The lowest BCUT2D eigenvalue weighted by Crippen LogP contribution is -2.42. The molecule has 0 radical (unpaired) electrons. The van der Waals surface area contributed by atoms with E-state index in [2.05, 4.69) is 10.6 Å². The van der Waals surface area contributed by atoms with E-state index in [4.69, 9.17) is 4.74 Å². The molecule has 27 heavy (non-hydrogen) atoms. The lowest BCUT2D eigenvalue weighted by molar-refractivity contribution is -0.136. The van der Waals surface area contributed by atoms with Gasteiger partial charge in [-0.1, -0.05) is 19.3 Å².